The molecule has 4 nitrogen and oxygen atoms in total. The van der Waals surface area contributed by atoms with Gasteiger partial charge in [-0.15, -0.1) is 23.7 Å². The number of thiophene rings is 1. The minimum absolute atomic E-state index is 0. The zero-order chi connectivity index (χ0) is 13.1. The molecule has 1 aliphatic rings. The van der Waals surface area contributed by atoms with Crippen LogP contribution < -0.4 is 10.1 Å². The molecule has 2 rings (SSSR count). The zero-order valence-corrected chi connectivity index (χ0v) is 14.2. The molecule has 1 N–H and O–H groups in total. The number of hydrogen-bond donors (Lipinski definition) is 1. The summed E-state index contributed by atoms with van der Waals surface area (Å²) in [7, 11) is 1.60. The molecule has 0 spiro atoms. The lowest BCUT2D eigenvalue weighted by atomic mass is 10.3. The van der Waals surface area contributed by atoms with Crippen molar-refractivity contribution in [3.8, 4) is 5.75 Å². The predicted octanol–water partition coefficient (Wildman–Crippen LogP) is 2.68. The van der Waals surface area contributed by atoms with E-state index < -0.39 is 0 Å². The van der Waals surface area contributed by atoms with Crippen LogP contribution in [0.1, 0.15) is 21.0 Å². The second-order valence-electron chi connectivity index (χ2n) is 4.23. The zero-order valence-electron chi connectivity index (χ0n) is 11.0. The maximum Gasteiger partial charge on any atom is 0.267 e. The van der Waals surface area contributed by atoms with Crippen LogP contribution in [0, 0.1) is 6.92 Å². The molecule has 0 bridgehead atoms. The maximum atomic E-state index is 12.5. The molecule has 2 heterocycles. The van der Waals surface area contributed by atoms with Crippen molar-refractivity contribution in [1.29, 1.82) is 0 Å². The number of halogens is 2. The Labute approximate surface area is 132 Å². The molecule has 0 aromatic carbocycles. The lowest BCUT2D eigenvalue weighted by Crippen LogP contribution is -2.33. The Balaban J connectivity index is 0.00000180. The third kappa shape index (κ3) is 3.62. The Morgan fingerprint density at radius 3 is 2.84 bits per heavy atom. The van der Waals surface area contributed by atoms with E-state index in [1.165, 1.54) is 11.3 Å². The number of hydrogen-bond acceptors (Lipinski definition) is 4. The number of nitrogens with one attached hydrogen (secondary N) is 1. The van der Waals surface area contributed by atoms with Crippen molar-refractivity contribution in [3.63, 3.8) is 0 Å². The van der Waals surface area contributed by atoms with Gasteiger partial charge >= 0.3 is 0 Å². The average Bonchev–Trinajstić information content (AvgIpc) is 2.60. The quantitative estimate of drug-likeness (QED) is 0.871. The molecule has 1 aliphatic heterocycles. The van der Waals surface area contributed by atoms with Crippen molar-refractivity contribution in [1.82, 2.24) is 10.2 Å². The topological polar surface area (TPSA) is 41.6 Å². The van der Waals surface area contributed by atoms with Crippen molar-refractivity contribution in [3.05, 3.63) is 14.2 Å². The van der Waals surface area contributed by atoms with Gasteiger partial charge in [-0.05, 0) is 35.8 Å². The summed E-state index contributed by atoms with van der Waals surface area (Å²) in [4.78, 5) is 16.2. The van der Waals surface area contributed by atoms with Crippen molar-refractivity contribution in [2.24, 2.45) is 0 Å². The van der Waals surface area contributed by atoms with Crippen LogP contribution in [0.3, 0.4) is 0 Å². The van der Waals surface area contributed by atoms with Gasteiger partial charge in [0.25, 0.3) is 5.91 Å². The molecule has 19 heavy (non-hydrogen) atoms. The third-order valence-electron chi connectivity index (χ3n) is 3.00. The fourth-order valence-corrected chi connectivity index (χ4v) is 3.74. The number of rotatable bonds is 2. The Bertz CT molecular complexity index is 445. The molecule has 0 saturated carbocycles. The summed E-state index contributed by atoms with van der Waals surface area (Å²) in [6.07, 6.45) is 1.000. The van der Waals surface area contributed by atoms with Gasteiger partial charge in [-0.3, -0.25) is 4.79 Å². The number of aryl methyl sites for hydroxylation is 1. The fraction of sp³-hybridized carbons (Fsp3) is 0.583. The molecule has 1 aromatic rings. The summed E-state index contributed by atoms with van der Waals surface area (Å²) in [5.41, 5.74) is 0. The number of nitrogens with zero attached hydrogens (tertiary/aromatic N) is 1. The van der Waals surface area contributed by atoms with Gasteiger partial charge in [-0.2, -0.15) is 0 Å². The Kier molecular flexibility index (Phi) is 6.59. The van der Waals surface area contributed by atoms with E-state index in [1.807, 2.05) is 11.8 Å². The van der Waals surface area contributed by atoms with Crippen molar-refractivity contribution in [2.75, 3.05) is 33.3 Å². The number of methoxy groups -OCH3 is 1. The second-order valence-corrected chi connectivity index (χ2v) is 6.25. The second kappa shape index (κ2) is 7.47. The Morgan fingerprint density at radius 2 is 2.16 bits per heavy atom. The van der Waals surface area contributed by atoms with Crippen LogP contribution in [-0.2, 0) is 0 Å². The van der Waals surface area contributed by atoms with E-state index in [1.54, 1.807) is 7.11 Å². The van der Waals surface area contributed by atoms with Crippen LogP contribution in [0.15, 0.2) is 4.47 Å². The summed E-state index contributed by atoms with van der Waals surface area (Å²) in [6, 6.07) is 0. The van der Waals surface area contributed by atoms with Crippen LogP contribution >= 0.6 is 39.7 Å². The summed E-state index contributed by atoms with van der Waals surface area (Å²) in [5, 5.41) is 3.30. The van der Waals surface area contributed by atoms with Gasteiger partial charge < -0.3 is 15.0 Å². The lowest BCUT2D eigenvalue weighted by molar-refractivity contribution is 0.0768. The molecule has 1 fully saturated rings. The molecule has 0 atom stereocenters. The molecule has 0 radical (unpaired) electrons. The highest BCUT2D eigenvalue weighted by atomic mass is 79.9. The lowest BCUT2D eigenvalue weighted by Gasteiger charge is -2.19. The highest BCUT2D eigenvalue weighted by Crippen LogP contribution is 2.39. The normalized spacial score (nSPS) is 15.6. The van der Waals surface area contributed by atoms with Crippen molar-refractivity contribution < 1.29 is 9.53 Å². The highest BCUT2D eigenvalue weighted by Gasteiger charge is 2.25. The number of carbonyl (C=O) groups excluding carboxylic acids is 1. The molecule has 0 aliphatic carbocycles. The minimum atomic E-state index is 0. The summed E-state index contributed by atoms with van der Waals surface area (Å²) >= 11 is 4.96. The summed E-state index contributed by atoms with van der Waals surface area (Å²) < 4.78 is 6.24. The predicted molar refractivity (Wildman–Crippen MR) is 83.9 cm³/mol. The Morgan fingerprint density at radius 1 is 1.42 bits per heavy atom. The molecule has 7 heteroatoms. The standard InChI is InChI=1S/C12H17BrN2O2S.ClH/c1-8-9(13)10(17-2)11(18-8)12(16)15-6-3-4-14-5-7-15;/h14H,3-7H2,1-2H3;1H. The first-order valence-corrected chi connectivity index (χ1v) is 7.59. The van der Waals surface area contributed by atoms with E-state index in [4.69, 9.17) is 4.74 Å². The monoisotopic (exact) mass is 368 g/mol. The van der Waals surface area contributed by atoms with Gasteiger partial charge in [-0.1, -0.05) is 0 Å². The summed E-state index contributed by atoms with van der Waals surface area (Å²) in [5.74, 6) is 0.744. The molecule has 1 saturated heterocycles. The van der Waals surface area contributed by atoms with Gasteiger partial charge in [0.2, 0.25) is 0 Å². The van der Waals surface area contributed by atoms with Gasteiger partial charge in [0, 0.05) is 24.5 Å². The molecule has 1 amide bonds. The number of ether oxygens (including phenoxy) is 1. The van der Waals surface area contributed by atoms with Crippen LogP contribution in [0.2, 0.25) is 0 Å². The SMILES string of the molecule is COc1c(C(=O)N2CCCNCC2)sc(C)c1Br.Cl. The van der Waals surface area contributed by atoms with E-state index in [-0.39, 0.29) is 18.3 Å². The van der Waals surface area contributed by atoms with E-state index in [2.05, 4.69) is 21.2 Å². The smallest absolute Gasteiger partial charge is 0.267 e. The Hall–Kier alpha value is -0.300. The van der Waals surface area contributed by atoms with Crippen LogP contribution in [0.25, 0.3) is 0 Å². The number of carbonyl (C=O) groups is 1. The van der Waals surface area contributed by atoms with E-state index in [0.29, 0.717) is 10.6 Å². The van der Waals surface area contributed by atoms with Crippen LogP contribution in [-0.4, -0.2) is 44.1 Å². The van der Waals surface area contributed by atoms with Gasteiger partial charge in [0.15, 0.2) is 5.75 Å². The highest BCUT2D eigenvalue weighted by molar-refractivity contribution is 9.10. The maximum absolute atomic E-state index is 12.5. The summed E-state index contributed by atoms with van der Waals surface area (Å²) in [6.45, 7) is 5.39. The molecule has 1 aromatic heterocycles. The van der Waals surface area contributed by atoms with E-state index >= 15 is 0 Å². The van der Waals surface area contributed by atoms with Gasteiger partial charge in [-0.25, -0.2) is 0 Å². The largest absolute Gasteiger partial charge is 0.494 e. The first-order chi connectivity index (χ1) is 8.65. The van der Waals surface area contributed by atoms with Gasteiger partial charge in [0.05, 0.1) is 11.6 Å². The minimum Gasteiger partial charge on any atom is -0.494 e. The van der Waals surface area contributed by atoms with Crippen LogP contribution in [0.4, 0.5) is 0 Å². The molecular formula is C12H18BrClN2O2S. The fourth-order valence-electron chi connectivity index (χ4n) is 2.02. The number of amides is 1. The first kappa shape index (κ1) is 16.8. The van der Waals surface area contributed by atoms with E-state index in [0.717, 1.165) is 41.9 Å². The first-order valence-electron chi connectivity index (χ1n) is 5.98. The van der Waals surface area contributed by atoms with Crippen LogP contribution in [0.5, 0.6) is 5.75 Å². The average molecular weight is 370 g/mol. The molecule has 0 unspecified atom stereocenters. The molecular weight excluding hydrogens is 352 g/mol. The van der Waals surface area contributed by atoms with Gasteiger partial charge in [0.1, 0.15) is 4.88 Å². The van der Waals surface area contributed by atoms with E-state index in [9.17, 15) is 4.79 Å². The third-order valence-corrected chi connectivity index (χ3v) is 5.29. The van der Waals surface area contributed by atoms with Crippen molar-refractivity contribution >= 4 is 45.6 Å². The van der Waals surface area contributed by atoms with Crippen molar-refractivity contribution in [2.45, 2.75) is 13.3 Å². The molecule has 108 valence electrons.